The molecule has 0 aromatic heterocycles. The summed E-state index contributed by atoms with van der Waals surface area (Å²) in [6.07, 6.45) is 0. The Kier molecular flexibility index (Phi) is 3.52. The van der Waals surface area contributed by atoms with Gasteiger partial charge in [-0.15, -0.1) is 0 Å². The van der Waals surface area contributed by atoms with Gasteiger partial charge in [0.25, 0.3) is 0 Å². The smallest absolute Gasteiger partial charge is 0.152 e. The zero-order valence-corrected chi connectivity index (χ0v) is 12.4. The van der Waals surface area contributed by atoms with Crippen LogP contribution in [0.5, 0.6) is 0 Å². The maximum absolute atomic E-state index is 12.1. The number of fused-ring (bicyclic) bond motifs is 1. The fourth-order valence-electron chi connectivity index (χ4n) is 2.86. The number of benzene rings is 2. The van der Waals surface area contributed by atoms with Crippen LogP contribution in [0.3, 0.4) is 0 Å². The molecule has 0 aliphatic carbocycles. The van der Waals surface area contributed by atoms with Crippen molar-refractivity contribution < 1.29 is 8.42 Å². The van der Waals surface area contributed by atoms with E-state index in [9.17, 15) is 8.42 Å². The number of hydrogen-bond donors (Lipinski definition) is 1. The van der Waals surface area contributed by atoms with E-state index in [0.29, 0.717) is 0 Å². The Morgan fingerprint density at radius 3 is 2.60 bits per heavy atom. The Balaban J connectivity index is 1.97. The fraction of sp³-hybridized carbons (Fsp3) is 0.375. The highest BCUT2D eigenvalue weighted by atomic mass is 32.2. The summed E-state index contributed by atoms with van der Waals surface area (Å²) in [5.74, 6) is 0.644. The van der Waals surface area contributed by atoms with Crippen molar-refractivity contribution in [3.8, 4) is 0 Å². The zero-order chi connectivity index (χ0) is 14.2. The average Bonchev–Trinajstić information content (AvgIpc) is 2.55. The number of hydrogen-bond acceptors (Lipinski definition) is 3. The van der Waals surface area contributed by atoms with Gasteiger partial charge in [0, 0.05) is 6.04 Å². The van der Waals surface area contributed by atoms with Gasteiger partial charge in [-0.25, -0.2) is 8.42 Å². The molecule has 0 amide bonds. The predicted molar refractivity (Wildman–Crippen MR) is 82.5 cm³/mol. The maximum atomic E-state index is 12.1. The number of nitrogens with one attached hydrogen (secondary N) is 1. The molecule has 2 aromatic carbocycles. The molecule has 0 spiro atoms. The number of sulfone groups is 1. The molecule has 1 aliphatic heterocycles. The van der Waals surface area contributed by atoms with Crippen LogP contribution in [0, 0.1) is 5.92 Å². The van der Waals surface area contributed by atoms with E-state index in [0.717, 1.165) is 17.5 Å². The quantitative estimate of drug-likeness (QED) is 0.877. The van der Waals surface area contributed by atoms with Gasteiger partial charge in [-0.2, -0.15) is 0 Å². The van der Waals surface area contributed by atoms with Crippen LogP contribution < -0.4 is 5.32 Å². The molecular weight excluding hydrogens is 270 g/mol. The average molecular weight is 289 g/mol. The van der Waals surface area contributed by atoms with Gasteiger partial charge in [0.05, 0.1) is 11.5 Å². The second-order valence-corrected chi connectivity index (χ2v) is 7.90. The van der Waals surface area contributed by atoms with Crippen molar-refractivity contribution in [2.24, 2.45) is 5.92 Å². The van der Waals surface area contributed by atoms with E-state index in [4.69, 9.17) is 0 Å². The van der Waals surface area contributed by atoms with Crippen LogP contribution in [0.4, 0.5) is 0 Å². The molecule has 1 N–H and O–H groups in total. The molecule has 1 aliphatic rings. The lowest BCUT2D eigenvalue weighted by molar-refractivity contribution is 0.518. The minimum absolute atomic E-state index is 0.102. The van der Waals surface area contributed by atoms with Gasteiger partial charge in [0.15, 0.2) is 9.84 Å². The van der Waals surface area contributed by atoms with Gasteiger partial charge in [-0.05, 0) is 34.9 Å². The largest absolute Gasteiger partial charge is 0.309 e. The van der Waals surface area contributed by atoms with Crippen LogP contribution in [0.25, 0.3) is 10.8 Å². The van der Waals surface area contributed by atoms with Crippen LogP contribution in [-0.4, -0.2) is 26.5 Å². The van der Waals surface area contributed by atoms with E-state index in [1.54, 1.807) is 0 Å². The summed E-state index contributed by atoms with van der Waals surface area (Å²) in [5.41, 5.74) is 1.06. The molecule has 2 unspecified atom stereocenters. The van der Waals surface area contributed by atoms with Crippen LogP contribution in [0.15, 0.2) is 42.5 Å². The minimum Gasteiger partial charge on any atom is -0.309 e. The molecule has 2 aromatic rings. The molecule has 0 radical (unpaired) electrons. The van der Waals surface area contributed by atoms with Crippen LogP contribution in [-0.2, 0) is 9.84 Å². The van der Waals surface area contributed by atoms with Gasteiger partial charge in [-0.1, -0.05) is 43.3 Å². The van der Waals surface area contributed by atoms with Gasteiger partial charge in [0.1, 0.15) is 0 Å². The van der Waals surface area contributed by atoms with Crippen molar-refractivity contribution in [1.82, 2.24) is 5.32 Å². The third-order valence-corrected chi connectivity index (χ3v) is 5.77. The topological polar surface area (TPSA) is 46.2 Å². The Morgan fingerprint density at radius 1 is 1.05 bits per heavy atom. The molecule has 3 nitrogen and oxygen atoms in total. The van der Waals surface area contributed by atoms with E-state index in [1.165, 1.54) is 5.39 Å². The maximum Gasteiger partial charge on any atom is 0.152 e. The van der Waals surface area contributed by atoms with Crippen molar-refractivity contribution >= 4 is 20.6 Å². The lowest BCUT2D eigenvalue weighted by atomic mass is 10.0. The highest BCUT2D eigenvalue weighted by molar-refractivity contribution is 7.91. The summed E-state index contributed by atoms with van der Waals surface area (Å²) in [4.78, 5) is 0. The molecule has 106 valence electrons. The molecule has 2 atom stereocenters. The summed E-state index contributed by atoms with van der Waals surface area (Å²) < 4.78 is 24.2. The Hall–Kier alpha value is -1.39. The Bertz CT molecular complexity index is 724. The SMILES string of the molecule is CC1CNC(c2ccc3ccccc3c2)CS(=O)(=O)C1. The fourth-order valence-corrected chi connectivity index (χ4v) is 4.79. The normalized spacial score (nSPS) is 26.2. The minimum atomic E-state index is -2.98. The van der Waals surface area contributed by atoms with Crippen LogP contribution in [0.1, 0.15) is 18.5 Å². The second kappa shape index (κ2) is 5.19. The first kappa shape index (κ1) is 13.6. The first-order chi connectivity index (χ1) is 9.53. The second-order valence-electron chi connectivity index (χ2n) is 5.75. The third-order valence-electron chi connectivity index (χ3n) is 3.85. The first-order valence-electron chi connectivity index (χ1n) is 6.96. The Morgan fingerprint density at radius 2 is 1.80 bits per heavy atom. The predicted octanol–water partition coefficient (Wildman–Crippen LogP) is 2.54. The van der Waals surface area contributed by atoms with Gasteiger partial charge < -0.3 is 5.32 Å². The molecule has 1 saturated heterocycles. The molecule has 4 heteroatoms. The molecule has 0 bridgehead atoms. The van der Waals surface area contributed by atoms with E-state index >= 15 is 0 Å². The standard InChI is InChI=1S/C16H19NO2S/c1-12-9-17-16(11-20(18,19)10-12)15-7-6-13-4-2-3-5-14(13)8-15/h2-8,12,16-17H,9-11H2,1H3. The van der Waals surface area contributed by atoms with Crippen LogP contribution >= 0.6 is 0 Å². The van der Waals surface area contributed by atoms with Gasteiger partial charge in [-0.3, -0.25) is 0 Å². The molecule has 0 saturated carbocycles. The summed E-state index contributed by atoms with van der Waals surface area (Å²) >= 11 is 0. The van der Waals surface area contributed by atoms with E-state index < -0.39 is 9.84 Å². The summed E-state index contributed by atoms with van der Waals surface area (Å²) in [5, 5.41) is 5.72. The summed E-state index contributed by atoms with van der Waals surface area (Å²) in [7, 11) is -2.98. The van der Waals surface area contributed by atoms with Gasteiger partial charge in [0.2, 0.25) is 0 Å². The summed E-state index contributed by atoms with van der Waals surface area (Å²) in [6, 6.07) is 14.2. The van der Waals surface area contributed by atoms with Crippen molar-refractivity contribution in [2.45, 2.75) is 13.0 Å². The third kappa shape index (κ3) is 2.86. The molecule has 1 heterocycles. The van der Waals surface area contributed by atoms with Crippen molar-refractivity contribution in [3.05, 3.63) is 48.0 Å². The summed E-state index contributed by atoms with van der Waals surface area (Å²) in [6.45, 7) is 2.73. The highest BCUT2D eigenvalue weighted by Crippen LogP contribution is 2.24. The van der Waals surface area contributed by atoms with Crippen molar-refractivity contribution in [2.75, 3.05) is 18.1 Å². The highest BCUT2D eigenvalue weighted by Gasteiger charge is 2.27. The van der Waals surface area contributed by atoms with E-state index in [-0.39, 0.29) is 23.5 Å². The van der Waals surface area contributed by atoms with Crippen LogP contribution in [0.2, 0.25) is 0 Å². The van der Waals surface area contributed by atoms with Crippen molar-refractivity contribution in [3.63, 3.8) is 0 Å². The van der Waals surface area contributed by atoms with E-state index in [1.807, 2.05) is 25.1 Å². The first-order valence-corrected chi connectivity index (χ1v) is 8.78. The van der Waals surface area contributed by atoms with Gasteiger partial charge >= 0.3 is 0 Å². The molecule has 3 rings (SSSR count). The number of rotatable bonds is 1. The molecule has 20 heavy (non-hydrogen) atoms. The Labute approximate surface area is 119 Å². The van der Waals surface area contributed by atoms with Crippen molar-refractivity contribution in [1.29, 1.82) is 0 Å². The lowest BCUT2D eigenvalue weighted by Gasteiger charge is -2.16. The lowest BCUT2D eigenvalue weighted by Crippen LogP contribution is -2.26. The molecular formula is C16H19NO2S. The van der Waals surface area contributed by atoms with E-state index in [2.05, 4.69) is 29.6 Å². The zero-order valence-electron chi connectivity index (χ0n) is 11.5. The monoisotopic (exact) mass is 289 g/mol. The molecule has 1 fully saturated rings.